The number of benzene rings is 2. The van der Waals surface area contributed by atoms with Crippen LogP contribution in [0.5, 0.6) is 11.5 Å². The second kappa shape index (κ2) is 8.78. The van der Waals surface area contributed by atoms with Gasteiger partial charge in [0.2, 0.25) is 0 Å². The molecule has 1 unspecified atom stereocenters. The number of aromatic nitrogens is 1. The zero-order valence-corrected chi connectivity index (χ0v) is 18.8. The number of carbonyl (C=O) groups is 2. The highest BCUT2D eigenvalue weighted by Crippen LogP contribution is 2.45. The number of ether oxygens (including phenoxy) is 2. The fourth-order valence-corrected chi connectivity index (χ4v) is 4.18. The Hall–Kier alpha value is -4.13. The van der Waals surface area contributed by atoms with Gasteiger partial charge in [0.05, 0.1) is 31.5 Å². The van der Waals surface area contributed by atoms with Gasteiger partial charge in [0, 0.05) is 18.0 Å². The van der Waals surface area contributed by atoms with Crippen molar-refractivity contribution in [1.82, 2.24) is 4.98 Å². The summed E-state index contributed by atoms with van der Waals surface area (Å²) in [6.45, 7) is 3.66. The van der Waals surface area contributed by atoms with E-state index in [4.69, 9.17) is 9.47 Å². The zero-order chi connectivity index (χ0) is 23.7. The number of aliphatic hydroxyl groups excluding tert-OH is 1. The molecule has 7 heteroatoms. The first-order chi connectivity index (χ1) is 15.9. The van der Waals surface area contributed by atoms with Crippen LogP contribution in [0.2, 0.25) is 0 Å². The largest absolute Gasteiger partial charge is 0.507 e. The third kappa shape index (κ3) is 3.71. The number of nitrogens with zero attached hydrogens (tertiary/aromatic N) is 2. The Morgan fingerprint density at radius 3 is 2.27 bits per heavy atom. The average molecular weight is 444 g/mol. The fraction of sp³-hybridized carbons (Fsp3) is 0.192. The average Bonchev–Trinajstić information content (AvgIpc) is 3.10. The predicted molar refractivity (Wildman–Crippen MR) is 124 cm³/mol. The van der Waals surface area contributed by atoms with E-state index in [0.717, 1.165) is 5.56 Å². The van der Waals surface area contributed by atoms with Crippen molar-refractivity contribution in [2.45, 2.75) is 19.9 Å². The molecule has 2 aromatic carbocycles. The summed E-state index contributed by atoms with van der Waals surface area (Å²) in [5.74, 6) is -0.645. The third-order valence-corrected chi connectivity index (χ3v) is 5.81. The van der Waals surface area contributed by atoms with E-state index in [2.05, 4.69) is 4.98 Å². The number of aryl methyl sites for hydroxylation is 2. The molecule has 1 aromatic heterocycles. The standard InChI is InChI=1S/C26H24N2O5/c1-15-14-21(33-4)16(2)13-18(15)24(29)22-23(17-9-11-27-12-10-17)28(26(31)25(22)30)19-7-5-6-8-20(19)32-3/h5-14,23,29H,1-4H3/b24-22+. The van der Waals surface area contributed by atoms with Crippen LogP contribution in [0, 0.1) is 13.8 Å². The van der Waals surface area contributed by atoms with Gasteiger partial charge in [0.25, 0.3) is 11.7 Å². The summed E-state index contributed by atoms with van der Waals surface area (Å²) in [6, 6.07) is 13.1. The monoisotopic (exact) mass is 444 g/mol. The molecule has 0 bridgehead atoms. The predicted octanol–water partition coefficient (Wildman–Crippen LogP) is 4.34. The summed E-state index contributed by atoms with van der Waals surface area (Å²) in [6.07, 6.45) is 3.17. The fourth-order valence-electron chi connectivity index (χ4n) is 4.18. The summed E-state index contributed by atoms with van der Waals surface area (Å²) in [4.78, 5) is 32.0. The molecule has 4 rings (SSSR count). The molecule has 1 fully saturated rings. The SMILES string of the molecule is COc1cc(C)c(/C(O)=C2\C(=O)C(=O)N(c3ccccc3OC)C2c2ccncc2)cc1C. The lowest BCUT2D eigenvalue weighted by Gasteiger charge is -2.26. The second-order valence-electron chi connectivity index (χ2n) is 7.76. The molecule has 0 aliphatic carbocycles. The highest BCUT2D eigenvalue weighted by Gasteiger charge is 2.47. The van der Waals surface area contributed by atoms with Crippen LogP contribution in [0.15, 0.2) is 66.5 Å². The normalized spacial score (nSPS) is 17.3. The van der Waals surface area contributed by atoms with Crippen molar-refractivity contribution in [3.8, 4) is 11.5 Å². The molecule has 0 radical (unpaired) electrons. The Bertz CT molecular complexity index is 1270. The van der Waals surface area contributed by atoms with Gasteiger partial charge in [-0.05, 0) is 66.9 Å². The lowest BCUT2D eigenvalue weighted by Crippen LogP contribution is -2.29. The van der Waals surface area contributed by atoms with Crippen LogP contribution in [-0.2, 0) is 9.59 Å². The quantitative estimate of drug-likeness (QED) is 0.358. The third-order valence-electron chi connectivity index (χ3n) is 5.81. The summed E-state index contributed by atoms with van der Waals surface area (Å²) >= 11 is 0. The summed E-state index contributed by atoms with van der Waals surface area (Å²) in [5, 5.41) is 11.4. The Labute approximate surface area is 191 Å². The Morgan fingerprint density at radius 2 is 1.61 bits per heavy atom. The Balaban J connectivity index is 1.99. The molecule has 2 heterocycles. The van der Waals surface area contributed by atoms with E-state index >= 15 is 0 Å². The van der Waals surface area contributed by atoms with Crippen molar-refractivity contribution in [3.05, 3.63) is 88.8 Å². The number of anilines is 1. The maximum absolute atomic E-state index is 13.3. The second-order valence-corrected chi connectivity index (χ2v) is 7.76. The van der Waals surface area contributed by atoms with Gasteiger partial charge in [0.15, 0.2) is 0 Å². The molecule has 1 saturated heterocycles. The maximum Gasteiger partial charge on any atom is 0.300 e. The van der Waals surface area contributed by atoms with E-state index in [1.54, 1.807) is 68.0 Å². The number of methoxy groups -OCH3 is 2. The van der Waals surface area contributed by atoms with Gasteiger partial charge in [-0.2, -0.15) is 0 Å². The molecule has 1 amide bonds. The number of amides is 1. The first-order valence-electron chi connectivity index (χ1n) is 10.4. The molecule has 1 atom stereocenters. The van der Waals surface area contributed by atoms with E-state index < -0.39 is 17.7 Å². The van der Waals surface area contributed by atoms with Crippen molar-refractivity contribution >= 4 is 23.1 Å². The van der Waals surface area contributed by atoms with Crippen molar-refractivity contribution in [1.29, 1.82) is 0 Å². The van der Waals surface area contributed by atoms with Crippen LogP contribution in [0.3, 0.4) is 0 Å². The minimum atomic E-state index is -0.855. The molecule has 1 aliphatic rings. The molecule has 1 N–H and O–H groups in total. The molecule has 7 nitrogen and oxygen atoms in total. The number of pyridine rings is 1. The topological polar surface area (TPSA) is 89.0 Å². The van der Waals surface area contributed by atoms with Gasteiger partial charge < -0.3 is 14.6 Å². The highest BCUT2D eigenvalue weighted by molar-refractivity contribution is 6.52. The first kappa shape index (κ1) is 22.1. The molecule has 3 aromatic rings. The number of hydrogen-bond donors (Lipinski definition) is 1. The first-order valence-corrected chi connectivity index (χ1v) is 10.4. The number of para-hydroxylation sites is 2. The van der Waals surface area contributed by atoms with E-state index in [1.807, 2.05) is 13.8 Å². The van der Waals surface area contributed by atoms with Crippen molar-refractivity contribution < 1.29 is 24.2 Å². The van der Waals surface area contributed by atoms with Gasteiger partial charge in [-0.3, -0.25) is 19.5 Å². The van der Waals surface area contributed by atoms with Crippen LogP contribution < -0.4 is 14.4 Å². The van der Waals surface area contributed by atoms with Crippen LogP contribution in [0.1, 0.15) is 28.3 Å². The molecule has 1 aliphatic heterocycles. The van der Waals surface area contributed by atoms with Gasteiger partial charge >= 0.3 is 0 Å². The van der Waals surface area contributed by atoms with Crippen molar-refractivity contribution in [3.63, 3.8) is 0 Å². The van der Waals surface area contributed by atoms with Crippen LogP contribution in [-0.4, -0.2) is 36.0 Å². The number of rotatable bonds is 5. The molecule has 33 heavy (non-hydrogen) atoms. The molecule has 0 saturated carbocycles. The van der Waals surface area contributed by atoms with Crippen molar-refractivity contribution in [2.24, 2.45) is 0 Å². The van der Waals surface area contributed by atoms with Crippen molar-refractivity contribution in [2.75, 3.05) is 19.1 Å². The lowest BCUT2D eigenvalue weighted by atomic mass is 9.93. The summed E-state index contributed by atoms with van der Waals surface area (Å²) < 4.78 is 10.8. The van der Waals surface area contributed by atoms with Crippen LogP contribution in [0.25, 0.3) is 5.76 Å². The smallest absolute Gasteiger partial charge is 0.300 e. The Kier molecular flexibility index (Phi) is 5.87. The number of hydrogen-bond acceptors (Lipinski definition) is 6. The minimum Gasteiger partial charge on any atom is -0.507 e. The highest BCUT2D eigenvalue weighted by atomic mass is 16.5. The van der Waals surface area contributed by atoms with Crippen LogP contribution >= 0.6 is 0 Å². The molecule has 168 valence electrons. The summed E-state index contributed by atoms with van der Waals surface area (Å²) in [5.41, 5.74) is 3.05. The van der Waals surface area contributed by atoms with Gasteiger partial charge in [-0.1, -0.05) is 12.1 Å². The molecular weight excluding hydrogens is 420 g/mol. The number of ketones is 1. The van der Waals surface area contributed by atoms with E-state index in [-0.39, 0.29) is 11.3 Å². The lowest BCUT2D eigenvalue weighted by molar-refractivity contribution is -0.132. The van der Waals surface area contributed by atoms with Gasteiger partial charge in [0.1, 0.15) is 17.3 Å². The minimum absolute atomic E-state index is 0.00442. The van der Waals surface area contributed by atoms with E-state index in [9.17, 15) is 14.7 Å². The molecular formula is C26H24N2O5. The molecule has 0 spiro atoms. The van der Waals surface area contributed by atoms with Crippen LogP contribution in [0.4, 0.5) is 5.69 Å². The number of Topliss-reactive ketones (excluding diaryl/α,β-unsaturated/α-hetero) is 1. The van der Waals surface area contributed by atoms with E-state index in [0.29, 0.717) is 33.9 Å². The van der Waals surface area contributed by atoms with E-state index in [1.165, 1.54) is 12.0 Å². The van der Waals surface area contributed by atoms with Gasteiger partial charge in [-0.25, -0.2) is 0 Å². The van der Waals surface area contributed by atoms with Gasteiger partial charge in [-0.15, -0.1) is 0 Å². The number of aliphatic hydroxyl groups is 1. The summed E-state index contributed by atoms with van der Waals surface area (Å²) in [7, 11) is 3.07. The maximum atomic E-state index is 13.3. The Morgan fingerprint density at radius 1 is 0.939 bits per heavy atom. The number of carbonyl (C=O) groups excluding carboxylic acids is 2. The zero-order valence-electron chi connectivity index (χ0n) is 18.8.